The van der Waals surface area contributed by atoms with Crippen molar-refractivity contribution in [3.8, 4) is 0 Å². The van der Waals surface area contributed by atoms with Gasteiger partial charge >= 0.3 is 0 Å². The molecule has 1 aliphatic carbocycles. The molecule has 0 unspecified atom stereocenters. The van der Waals surface area contributed by atoms with Gasteiger partial charge in [0.25, 0.3) is 0 Å². The van der Waals surface area contributed by atoms with Crippen molar-refractivity contribution in [3.05, 3.63) is 22.7 Å². The fourth-order valence-electron chi connectivity index (χ4n) is 0.558. The molecule has 0 bridgehead atoms. The summed E-state index contributed by atoms with van der Waals surface area (Å²) in [6.07, 6.45) is 6.30. The predicted octanol–water partition coefficient (Wildman–Crippen LogP) is 2.47. The highest BCUT2D eigenvalue weighted by Gasteiger charge is 2.02. The van der Waals surface area contributed by atoms with Crippen LogP contribution in [0.25, 0.3) is 0 Å². The molecule has 0 spiro atoms. The SMILES string of the molecule is C[C@@H]1C=CC=C1Br. The first-order valence-electron chi connectivity index (χ1n) is 2.34. The minimum atomic E-state index is 0.611. The van der Waals surface area contributed by atoms with E-state index in [4.69, 9.17) is 0 Å². The first-order valence-corrected chi connectivity index (χ1v) is 3.14. The molecule has 0 aliphatic heterocycles. The van der Waals surface area contributed by atoms with Crippen LogP contribution in [-0.4, -0.2) is 0 Å². The van der Waals surface area contributed by atoms with Crippen molar-refractivity contribution in [2.75, 3.05) is 0 Å². The van der Waals surface area contributed by atoms with Gasteiger partial charge in [-0.2, -0.15) is 0 Å². The Morgan fingerprint density at radius 1 is 1.71 bits per heavy atom. The molecule has 7 heavy (non-hydrogen) atoms. The third-order valence-corrected chi connectivity index (χ3v) is 2.08. The van der Waals surface area contributed by atoms with Crippen LogP contribution in [0.4, 0.5) is 0 Å². The summed E-state index contributed by atoms with van der Waals surface area (Å²) in [4.78, 5) is 0. The number of rotatable bonds is 0. The van der Waals surface area contributed by atoms with E-state index in [9.17, 15) is 0 Å². The summed E-state index contributed by atoms with van der Waals surface area (Å²) in [5.41, 5.74) is 0. The molecule has 0 heterocycles. The Hall–Kier alpha value is -0.0400. The van der Waals surface area contributed by atoms with E-state index in [2.05, 4.69) is 41.1 Å². The standard InChI is InChI=1S/C6H7Br/c1-5-3-2-4-6(5)7/h2-5H,1H3/t5-/m1/s1. The smallest absolute Gasteiger partial charge is 0.00589 e. The number of halogens is 1. The molecular weight excluding hydrogens is 152 g/mol. The molecule has 0 nitrogen and oxygen atoms in total. The van der Waals surface area contributed by atoms with E-state index < -0.39 is 0 Å². The van der Waals surface area contributed by atoms with E-state index in [1.54, 1.807) is 0 Å². The highest BCUT2D eigenvalue weighted by Crippen LogP contribution is 2.23. The van der Waals surface area contributed by atoms with E-state index in [0.717, 1.165) is 0 Å². The Morgan fingerprint density at radius 2 is 2.43 bits per heavy atom. The van der Waals surface area contributed by atoms with E-state index in [1.807, 2.05) is 0 Å². The molecule has 0 aromatic heterocycles. The molecule has 0 fully saturated rings. The summed E-state index contributed by atoms with van der Waals surface area (Å²) >= 11 is 3.40. The minimum absolute atomic E-state index is 0.611. The second-order valence-electron chi connectivity index (χ2n) is 1.73. The van der Waals surface area contributed by atoms with Gasteiger partial charge in [0.05, 0.1) is 0 Å². The van der Waals surface area contributed by atoms with Gasteiger partial charge in [0, 0.05) is 10.4 Å². The number of hydrogen-bond donors (Lipinski definition) is 0. The van der Waals surface area contributed by atoms with Crippen LogP contribution in [0.5, 0.6) is 0 Å². The third-order valence-electron chi connectivity index (χ3n) is 1.09. The molecule has 0 amide bonds. The van der Waals surface area contributed by atoms with Crippen molar-refractivity contribution in [1.82, 2.24) is 0 Å². The lowest BCUT2D eigenvalue weighted by Crippen LogP contribution is -1.79. The lowest BCUT2D eigenvalue weighted by molar-refractivity contribution is 0.946. The Labute approximate surface area is 52.0 Å². The molecule has 38 valence electrons. The second-order valence-corrected chi connectivity index (χ2v) is 2.64. The van der Waals surface area contributed by atoms with Gasteiger partial charge in [0.1, 0.15) is 0 Å². The molecule has 0 aromatic carbocycles. The number of allylic oxidation sites excluding steroid dienone is 4. The van der Waals surface area contributed by atoms with Crippen LogP contribution in [0.1, 0.15) is 6.92 Å². The average Bonchev–Trinajstić information content (AvgIpc) is 1.91. The van der Waals surface area contributed by atoms with E-state index >= 15 is 0 Å². The lowest BCUT2D eigenvalue weighted by Gasteiger charge is -1.94. The van der Waals surface area contributed by atoms with Crippen molar-refractivity contribution in [2.24, 2.45) is 5.92 Å². The summed E-state index contributed by atoms with van der Waals surface area (Å²) in [6.45, 7) is 2.16. The van der Waals surface area contributed by atoms with Crippen molar-refractivity contribution in [3.63, 3.8) is 0 Å². The molecule has 0 N–H and O–H groups in total. The molecule has 0 saturated carbocycles. The van der Waals surface area contributed by atoms with Gasteiger partial charge in [-0.15, -0.1) is 0 Å². The Morgan fingerprint density at radius 3 is 2.57 bits per heavy atom. The van der Waals surface area contributed by atoms with Crippen LogP contribution in [0.2, 0.25) is 0 Å². The Bertz CT molecular complexity index is 122. The molecule has 1 rings (SSSR count). The van der Waals surface area contributed by atoms with E-state index in [1.165, 1.54) is 4.48 Å². The lowest BCUT2D eigenvalue weighted by atomic mass is 10.2. The highest BCUT2D eigenvalue weighted by molar-refractivity contribution is 9.11. The van der Waals surface area contributed by atoms with Gasteiger partial charge in [-0.05, 0) is 0 Å². The molecule has 1 atom stereocenters. The fourth-order valence-corrected chi connectivity index (χ4v) is 0.863. The van der Waals surface area contributed by atoms with Crippen molar-refractivity contribution >= 4 is 15.9 Å². The Balaban J connectivity index is 2.69. The van der Waals surface area contributed by atoms with Gasteiger partial charge in [-0.3, -0.25) is 0 Å². The fraction of sp³-hybridized carbons (Fsp3) is 0.333. The van der Waals surface area contributed by atoms with Crippen molar-refractivity contribution < 1.29 is 0 Å². The summed E-state index contributed by atoms with van der Waals surface area (Å²) < 4.78 is 1.28. The molecule has 0 saturated heterocycles. The van der Waals surface area contributed by atoms with Crippen LogP contribution < -0.4 is 0 Å². The normalized spacial score (nSPS) is 28.3. The average molecular weight is 159 g/mol. The molecule has 0 radical (unpaired) electrons. The van der Waals surface area contributed by atoms with Crippen LogP contribution in [-0.2, 0) is 0 Å². The molecule has 1 aliphatic rings. The summed E-state index contributed by atoms with van der Waals surface area (Å²) in [7, 11) is 0. The van der Waals surface area contributed by atoms with Gasteiger partial charge in [0.15, 0.2) is 0 Å². The van der Waals surface area contributed by atoms with Crippen molar-refractivity contribution in [1.29, 1.82) is 0 Å². The zero-order valence-corrected chi connectivity index (χ0v) is 5.77. The minimum Gasteiger partial charge on any atom is -0.0767 e. The summed E-state index contributed by atoms with van der Waals surface area (Å²) in [6, 6.07) is 0. The van der Waals surface area contributed by atoms with Crippen LogP contribution >= 0.6 is 15.9 Å². The molecular formula is C6H7Br. The van der Waals surface area contributed by atoms with Crippen LogP contribution in [0.3, 0.4) is 0 Å². The monoisotopic (exact) mass is 158 g/mol. The summed E-state index contributed by atoms with van der Waals surface area (Å²) in [5, 5.41) is 0. The first kappa shape index (κ1) is 5.10. The first-order chi connectivity index (χ1) is 3.30. The quantitative estimate of drug-likeness (QED) is 0.509. The largest absolute Gasteiger partial charge is 0.0767 e. The Kier molecular flexibility index (Phi) is 1.33. The van der Waals surface area contributed by atoms with E-state index in [0.29, 0.717) is 5.92 Å². The van der Waals surface area contributed by atoms with Gasteiger partial charge < -0.3 is 0 Å². The maximum Gasteiger partial charge on any atom is 0.00589 e. The highest BCUT2D eigenvalue weighted by atomic mass is 79.9. The maximum atomic E-state index is 3.40. The van der Waals surface area contributed by atoms with Gasteiger partial charge in [-0.25, -0.2) is 0 Å². The van der Waals surface area contributed by atoms with Crippen LogP contribution in [0, 0.1) is 5.92 Å². The molecule has 1 heteroatoms. The van der Waals surface area contributed by atoms with E-state index in [-0.39, 0.29) is 0 Å². The second kappa shape index (κ2) is 1.83. The van der Waals surface area contributed by atoms with Crippen molar-refractivity contribution in [2.45, 2.75) is 6.92 Å². The van der Waals surface area contributed by atoms with Gasteiger partial charge in [0.2, 0.25) is 0 Å². The third kappa shape index (κ3) is 0.942. The number of hydrogen-bond acceptors (Lipinski definition) is 0. The molecule has 0 aromatic rings. The van der Waals surface area contributed by atoms with Crippen LogP contribution in [0.15, 0.2) is 22.7 Å². The zero-order chi connectivity index (χ0) is 5.28. The maximum absolute atomic E-state index is 3.40. The zero-order valence-electron chi connectivity index (χ0n) is 4.19. The topological polar surface area (TPSA) is 0 Å². The van der Waals surface area contributed by atoms with Gasteiger partial charge in [-0.1, -0.05) is 41.1 Å². The predicted molar refractivity (Wildman–Crippen MR) is 35.3 cm³/mol. The summed E-state index contributed by atoms with van der Waals surface area (Å²) in [5.74, 6) is 0.611.